The first kappa shape index (κ1) is 14.2. The summed E-state index contributed by atoms with van der Waals surface area (Å²) in [5.41, 5.74) is 8.06. The molecule has 1 atom stereocenters. The molecule has 0 aliphatic heterocycles. The van der Waals surface area contributed by atoms with Gasteiger partial charge in [-0.15, -0.1) is 0 Å². The lowest BCUT2D eigenvalue weighted by atomic mass is 9.97. The highest BCUT2D eigenvalue weighted by atomic mass is 19.1. The molecule has 104 valence electrons. The summed E-state index contributed by atoms with van der Waals surface area (Å²) >= 11 is 0. The maximum atomic E-state index is 12.9. The number of halogens is 1. The van der Waals surface area contributed by atoms with Crippen molar-refractivity contribution in [3.05, 3.63) is 65.5 Å². The van der Waals surface area contributed by atoms with E-state index in [1.165, 1.54) is 12.1 Å². The maximum Gasteiger partial charge on any atom is 0.123 e. The van der Waals surface area contributed by atoms with Crippen LogP contribution in [0.25, 0.3) is 0 Å². The van der Waals surface area contributed by atoms with E-state index < -0.39 is 0 Å². The lowest BCUT2D eigenvalue weighted by Crippen LogP contribution is -2.16. The first-order chi connectivity index (χ1) is 9.61. The second kappa shape index (κ2) is 6.30. The molecule has 3 N–H and O–H groups in total. The summed E-state index contributed by atoms with van der Waals surface area (Å²) in [5.74, 6) is 0.405. The Morgan fingerprint density at radius 3 is 2.50 bits per heavy atom. The van der Waals surface area contributed by atoms with Crippen molar-refractivity contribution in [3.8, 4) is 5.75 Å². The van der Waals surface area contributed by atoms with Gasteiger partial charge in [0, 0.05) is 23.7 Å². The Balaban J connectivity index is 2.13. The third-order valence-electron chi connectivity index (χ3n) is 3.16. The van der Waals surface area contributed by atoms with Crippen molar-refractivity contribution in [2.45, 2.75) is 12.5 Å². The molecule has 4 heteroatoms. The minimum absolute atomic E-state index is 0.310. The van der Waals surface area contributed by atoms with Crippen LogP contribution < -0.4 is 10.5 Å². The van der Waals surface area contributed by atoms with Crippen LogP contribution >= 0.6 is 0 Å². The van der Waals surface area contributed by atoms with Crippen LogP contribution in [0.3, 0.4) is 0 Å². The highest BCUT2D eigenvalue weighted by molar-refractivity contribution is 5.98. The third kappa shape index (κ3) is 3.22. The first-order valence-corrected chi connectivity index (χ1v) is 6.33. The number of nitrogens with two attached hydrogens (primary N) is 1. The molecular weight excluding hydrogens is 255 g/mol. The van der Waals surface area contributed by atoms with Crippen molar-refractivity contribution >= 4 is 5.71 Å². The van der Waals surface area contributed by atoms with Gasteiger partial charge in [-0.3, -0.25) is 0 Å². The summed E-state index contributed by atoms with van der Waals surface area (Å²) in [6.45, 7) is 0. The Labute approximate surface area is 117 Å². The lowest BCUT2D eigenvalue weighted by molar-refractivity contribution is 0.406. The van der Waals surface area contributed by atoms with Crippen molar-refractivity contribution in [2.24, 2.45) is 5.73 Å². The predicted molar refractivity (Wildman–Crippen MR) is 77.8 cm³/mol. The van der Waals surface area contributed by atoms with Gasteiger partial charge in [0.25, 0.3) is 0 Å². The molecule has 2 aromatic carbocycles. The number of benzene rings is 2. The van der Waals surface area contributed by atoms with Crippen molar-refractivity contribution in [2.75, 3.05) is 7.11 Å². The average Bonchev–Trinajstić information content (AvgIpc) is 2.47. The van der Waals surface area contributed by atoms with Crippen LogP contribution in [-0.2, 0) is 0 Å². The van der Waals surface area contributed by atoms with Gasteiger partial charge in [-0.05, 0) is 23.8 Å². The van der Waals surface area contributed by atoms with E-state index in [2.05, 4.69) is 0 Å². The Kier molecular flexibility index (Phi) is 4.48. The van der Waals surface area contributed by atoms with Gasteiger partial charge in [0.1, 0.15) is 11.6 Å². The molecule has 0 saturated carbocycles. The molecule has 0 fully saturated rings. The van der Waals surface area contributed by atoms with Gasteiger partial charge in [0.15, 0.2) is 0 Å². The van der Waals surface area contributed by atoms with E-state index >= 15 is 0 Å². The smallest absolute Gasteiger partial charge is 0.123 e. The largest absolute Gasteiger partial charge is 0.496 e. The predicted octanol–water partition coefficient (Wildman–Crippen LogP) is 3.29. The molecule has 0 amide bonds. The summed E-state index contributed by atoms with van der Waals surface area (Å²) in [6, 6.07) is 13.0. The highest BCUT2D eigenvalue weighted by Gasteiger charge is 2.14. The molecule has 0 bridgehead atoms. The Hall–Kier alpha value is -2.20. The van der Waals surface area contributed by atoms with E-state index in [4.69, 9.17) is 15.9 Å². The lowest BCUT2D eigenvalue weighted by Gasteiger charge is -2.16. The van der Waals surface area contributed by atoms with E-state index in [1.807, 2.05) is 24.3 Å². The fraction of sp³-hybridized carbons (Fsp3) is 0.188. The number of hydrogen-bond acceptors (Lipinski definition) is 3. The van der Waals surface area contributed by atoms with Crippen molar-refractivity contribution in [3.63, 3.8) is 0 Å². The van der Waals surface area contributed by atoms with Gasteiger partial charge in [0.2, 0.25) is 0 Å². The second-order valence-corrected chi connectivity index (χ2v) is 4.54. The van der Waals surface area contributed by atoms with Crippen LogP contribution in [0, 0.1) is 11.2 Å². The monoisotopic (exact) mass is 272 g/mol. The van der Waals surface area contributed by atoms with Crippen molar-refractivity contribution in [1.29, 1.82) is 5.41 Å². The normalized spacial score (nSPS) is 11.9. The summed E-state index contributed by atoms with van der Waals surface area (Å²) in [6.07, 6.45) is 0.367. The van der Waals surface area contributed by atoms with Crippen LogP contribution in [0.5, 0.6) is 5.75 Å². The average molecular weight is 272 g/mol. The summed E-state index contributed by atoms with van der Waals surface area (Å²) in [5, 5.41) is 8.06. The summed E-state index contributed by atoms with van der Waals surface area (Å²) in [4.78, 5) is 0. The molecule has 0 saturated heterocycles. The number of para-hydroxylation sites is 1. The van der Waals surface area contributed by atoms with Crippen LogP contribution in [0.15, 0.2) is 48.5 Å². The Bertz CT molecular complexity index is 596. The van der Waals surface area contributed by atoms with E-state index in [0.717, 1.165) is 5.56 Å². The molecular formula is C16H17FN2O. The topological polar surface area (TPSA) is 59.1 Å². The van der Waals surface area contributed by atoms with E-state index in [-0.39, 0.29) is 11.9 Å². The molecule has 2 rings (SSSR count). The fourth-order valence-corrected chi connectivity index (χ4v) is 2.07. The molecule has 1 unspecified atom stereocenters. The van der Waals surface area contributed by atoms with Gasteiger partial charge in [0.05, 0.1) is 7.11 Å². The van der Waals surface area contributed by atoms with Crippen molar-refractivity contribution in [1.82, 2.24) is 0 Å². The molecule has 3 nitrogen and oxygen atoms in total. The molecule has 0 aromatic heterocycles. The van der Waals surface area contributed by atoms with Crippen molar-refractivity contribution < 1.29 is 9.13 Å². The second-order valence-electron chi connectivity index (χ2n) is 4.54. The van der Waals surface area contributed by atoms with Crippen LogP contribution in [0.1, 0.15) is 23.6 Å². The highest BCUT2D eigenvalue weighted by Crippen LogP contribution is 2.26. The zero-order valence-corrected chi connectivity index (χ0v) is 11.3. The first-order valence-electron chi connectivity index (χ1n) is 6.33. The molecule has 0 radical (unpaired) electrons. The molecule has 20 heavy (non-hydrogen) atoms. The Morgan fingerprint density at radius 1 is 1.20 bits per heavy atom. The van der Waals surface area contributed by atoms with E-state index in [0.29, 0.717) is 23.4 Å². The van der Waals surface area contributed by atoms with E-state index in [9.17, 15) is 4.39 Å². The van der Waals surface area contributed by atoms with Gasteiger partial charge in [-0.2, -0.15) is 0 Å². The summed E-state index contributed by atoms with van der Waals surface area (Å²) < 4.78 is 18.1. The maximum absolute atomic E-state index is 12.9. The van der Waals surface area contributed by atoms with Gasteiger partial charge < -0.3 is 15.9 Å². The van der Waals surface area contributed by atoms with Crippen LogP contribution in [0.4, 0.5) is 4.39 Å². The van der Waals surface area contributed by atoms with Gasteiger partial charge in [-0.25, -0.2) is 4.39 Å². The Morgan fingerprint density at radius 2 is 1.85 bits per heavy atom. The minimum atomic E-state index is -0.330. The number of nitrogens with one attached hydrogen (secondary N) is 1. The SMILES string of the molecule is COc1ccccc1C(N)CC(=N)c1ccc(F)cc1. The zero-order valence-electron chi connectivity index (χ0n) is 11.3. The number of hydrogen-bond donors (Lipinski definition) is 2. The van der Waals surface area contributed by atoms with Gasteiger partial charge >= 0.3 is 0 Å². The fourth-order valence-electron chi connectivity index (χ4n) is 2.07. The van der Waals surface area contributed by atoms with E-state index in [1.54, 1.807) is 19.2 Å². The molecule has 0 aliphatic carbocycles. The quantitative estimate of drug-likeness (QED) is 0.820. The number of methoxy groups -OCH3 is 1. The molecule has 2 aromatic rings. The zero-order chi connectivity index (χ0) is 14.5. The third-order valence-corrected chi connectivity index (χ3v) is 3.16. The summed E-state index contributed by atoms with van der Waals surface area (Å²) in [7, 11) is 1.59. The molecule has 0 spiro atoms. The number of rotatable bonds is 5. The minimum Gasteiger partial charge on any atom is -0.496 e. The standard InChI is InChI=1S/C16H17FN2O/c1-20-16-5-3-2-4-13(16)15(19)10-14(18)11-6-8-12(17)9-7-11/h2-9,15,18H,10,19H2,1H3. The molecule has 0 aliphatic rings. The van der Waals surface area contributed by atoms with Gasteiger partial charge in [-0.1, -0.05) is 30.3 Å². The van der Waals surface area contributed by atoms with Crippen LogP contribution in [-0.4, -0.2) is 12.8 Å². The molecule has 0 heterocycles. The van der Waals surface area contributed by atoms with Crippen LogP contribution in [0.2, 0.25) is 0 Å². The number of ether oxygens (including phenoxy) is 1.